The van der Waals surface area contributed by atoms with E-state index in [2.05, 4.69) is 16.6 Å². The molecule has 0 saturated carbocycles. The number of nitrogens with one attached hydrogen (secondary N) is 2. The van der Waals surface area contributed by atoms with Crippen LogP contribution in [0.15, 0.2) is 60.0 Å². The Morgan fingerprint density at radius 1 is 1.26 bits per heavy atom. The van der Waals surface area contributed by atoms with Gasteiger partial charge in [-0.25, -0.2) is 13.1 Å². The maximum atomic E-state index is 12.7. The van der Waals surface area contributed by atoms with E-state index >= 15 is 0 Å². The maximum Gasteiger partial charge on any atom is 0.251 e. The lowest BCUT2D eigenvalue weighted by molar-refractivity contribution is 0.0932. The first-order valence-electron chi connectivity index (χ1n) is 8.80. The van der Waals surface area contributed by atoms with E-state index in [9.17, 15) is 13.2 Å². The molecule has 0 bridgehead atoms. The van der Waals surface area contributed by atoms with Gasteiger partial charge >= 0.3 is 0 Å². The predicted octanol–water partition coefficient (Wildman–Crippen LogP) is 2.54. The number of benzene rings is 2. The molecule has 1 aliphatic rings. The standard InChI is InChI=1S/C20H23N3O3S/c1-2-11-22-27(25,26)17-7-3-6-15(13-17)20(24)23-19-8-4-5-14-12-16(21)9-10-18(14)19/h2-3,6-7,9-10,12-13,19,22H,1,4-5,8,11,21H2,(H,23,24). The number of aryl methyl sites for hydroxylation is 1. The molecule has 0 radical (unpaired) electrons. The summed E-state index contributed by atoms with van der Waals surface area (Å²) in [6.07, 6.45) is 4.19. The van der Waals surface area contributed by atoms with Crippen LogP contribution in [0.4, 0.5) is 5.69 Å². The fourth-order valence-electron chi connectivity index (χ4n) is 3.28. The number of carbonyl (C=O) groups is 1. The fraction of sp³-hybridized carbons (Fsp3) is 0.250. The average molecular weight is 385 g/mol. The number of fused-ring (bicyclic) bond motifs is 1. The van der Waals surface area contributed by atoms with Gasteiger partial charge in [0.15, 0.2) is 0 Å². The van der Waals surface area contributed by atoms with Crippen molar-refractivity contribution in [3.8, 4) is 0 Å². The predicted molar refractivity (Wildman–Crippen MR) is 106 cm³/mol. The minimum absolute atomic E-state index is 0.0498. The van der Waals surface area contributed by atoms with Gasteiger partial charge in [-0.05, 0) is 60.7 Å². The molecular formula is C20H23N3O3S. The van der Waals surface area contributed by atoms with Crippen LogP contribution in [0.2, 0.25) is 0 Å². The number of nitrogens with two attached hydrogens (primary N) is 1. The van der Waals surface area contributed by atoms with E-state index in [0.717, 1.165) is 30.4 Å². The first-order valence-corrected chi connectivity index (χ1v) is 10.3. The first-order chi connectivity index (χ1) is 12.9. The molecule has 1 aliphatic carbocycles. The third-order valence-electron chi connectivity index (χ3n) is 4.61. The molecule has 0 aliphatic heterocycles. The van der Waals surface area contributed by atoms with E-state index in [1.807, 2.05) is 18.2 Å². The summed E-state index contributed by atoms with van der Waals surface area (Å²) >= 11 is 0. The van der Waals surface area contributed by atoms with Gasteiger partial charge in [0.05, 0.1) is 10.9 Å². The highest BCUT2D eigenvalue weighted by atomic mass is 32.2. The SMILES string of the molecule is C=CCNS(=O)(=O)c1cccc(C(=O)NC2CCCc3cc(N)ccc32)c1. The molecule has 0 heterocycles. The van der Waals surface area contributed by atoms with Crippen LogP contribution in [-0.2, 0) is 16.4 Å². The molecule has 2 aromatic carbocycles. The number of carbonyl (C=O) groups excluding carboxylic acids is 1. The summed E-state index contributed by atoms with van der Waals surface area (Å²) in [5.41, 5.74) is 9.09. The molecule has 1 unspecified atom stereocenters. The summed E-state index contributed by atoms with van der Waals surface area (Å²) in [7, 11) is -3.68. The van der Waals surface area contributed by atoms with Crippen molar-refractivity contribution in [3.05, 3.63) is 71.8 Å². The van der Waals surface area contributed by atoms with Gasteiger partial charge in [-0.15, -0.1) is 6.58 Å². The van der Waals surface area contributed by atoms with Crippen molar-refractivity contribution in [2.75, 3.05) is 12.3 Å². The van der Waals surface area contributed by atoms with Gasteiger partial charge in [0.25, 0.3) is 5.91 Å². The molecule has 142 valence electrons. The van der Waals surface area contributed by atoms with Gasteiger partial charge in [-0.2, -0.15) is 0 Å². The zero-order valence-electron chi connectivity index (χ0n) is 14.9. The van der Waals surface area contributed by atoms with Crippen LogP contribution in [0.1, 0.15) is 40.4 Å². The lowest BCUT2D eigenvalue weighted by Crippen LogP contribution is -2.31. The summed E-state index contributed by atoms with van der Waals surface area (Å²) < 4.78 is 26.9. The summed E-state index contributed by atoms with van der Waals surface area (Å²) in [6.45, 7) is 3.62. The van der Waals surface area contributed by atoms with Crippen molar-refractivity contribution in [2.24, 2.45) is 0 Å². The van der Waals surface area contributed by atoms with E-state index in [-0.39, 0.29) is 23.4 Å². The molecular weight excluding hydrogens is 362 g/mol. The van der Waals surface area contributed by atoms with Gasteiger partial charge < -0.3 is 11.1 Å². The Balaban J connectivity index is 1.80. The summed E-state index contributed by atoms with van der Waals surface area (Å²) in [4.78, 5) is 12.8. The average Bonchev–Trinajstić information content (AvgIpc) is 2.66. The van der Waals surface area contributed by atoms with Gasteiger partial charge in [0.1, 0.15) is 0 Å². The number of rotatable bonds is 6. The van der Waals surface area contributed by atoms with Gasteiger partial charge in [0.2, 0.25) is 10.0 Å². The zero-order valence-corrected chi connectivity index (χ0v) is 15.8. The Kier molecular flexibility index (Phi) is 5.62. The monoisotopic (exact) mass is 385 g/mol. The topological polar surface area (TPSA) is 101 Å². The molecule has 6 nitrogen and oxygen atoms in total. The van der Waals surface area contributed by atoms with E-state index in [1.165, 1.54) is 18.2 Å². The van der Waals surface area contributed by atoms with Crippen molar-refractivity contribution < 1.29 is 13.2 Å². The van der Waals surface area contributed by atoms with Crippen molar-refractivity contribution in [3.63, 3.8) is 0 Å². The van der Waals surface area contributed by atoms with E-state index in [4.69, 9.17) is 5.73 Å². The van der Waals surface area contributed by atoms with E-state index in [0.29, 0.717) is 11.3 Å². The Labute approximate surface area is 159 Å². The van der Waals surface area contributed by atoms with Crippen molar-refractivity contribution in [1.82, 2.24) is 10.0 Å². The molecule has 7 heteroatoms. The van der Waals surface area contributed by atoms with Crippen molar-refractivity contribution >= 4 is 21.6 Å². The normalized spacial score (nSPS) is 16.4. The first kappa shape index (κ1) is 19.1. The minimum atomic E-state index is -3.68. The molecule has 0 spiro atoms. The van der Waals surface area contributed by atoms with Crippen LogP contribution in [0.5, 0.6) is 0 Å². The second-order valence-electron chi connectivity index (χ2n) is 6.54. The second kappa shape index (κ2) is 7.94. The number of hydrogen-bond acceptors (Lipinski definition) is 4. The molecule has 0 fully saturated rings. The lowest BCUT2D eigenvalue weighted by Gasteiger charge is -2.26. The minimum Gasteiger partial charge on any atom is -0.399 e. The number of sulfonamides is 1. The van der Waals surface area contributed by atoms with Gasteiger partial charge in [-0.1, -0.05) is 18.2 Å². The molecule has 4 N–H and O–H groups in total. The summed E-state index contributed by atoms with van der Waals surface area (Å²) in [5.74, 6) is -0.301. The second-order valence-corrected chi connectivity index (χ2v) is 8.31. The zero-order chi connectivity index (χ0) is 19.4. The smallest absolute Gasteiger partial charge is 0.251 e. The van der Waals surface area contributed by atoms with Crippen LogP contribution in [0.3, 0.4) is 0 Å². The van der Waals surface area contributed by atoms with Crippen LogP contribution in [0.25, 0.3) is 0 Å². The van der Waals surface area contributed by atoms with Crippen LogP contribution in [-0.4, -0.2) is 20.9 Å². The highest BCUT2D eigenvalue weighted by molar-refractivity contribution is 7.89. The quantitative estimate of drug-likeness (QED) is 0.525. The van der Waals surface area contributed by atoms with Crippen molar-refractivity contribution in [1.29, 1.82) is 0 Å². The number of anilines is 1. The number of amides is 1. The van der Waals surface area contributed by atoms with Gasteiger partial charge in [0, 0.05) is 17.8 Å². The third kappa shape index (κ3) is 4.37. The van der Waals surface area contributed by atoms with Crippen LogP contribution < -0.4 is 15.8 Å². The van der Waals surface area contributed by atoms with E-state index in [1.54, 1.807) is 12.1 Å². The fourth-order valence-corrected chi connectivity index (χ4v) is 4.33. The maximum absolute atomic E-state index is 12.7. The Bertz CT molecular complexity index is 970. The van der Waals surface area contributed by atoms with Crippen molar-refractivity contribution in [2.45, 2.75) is 30.2 Å². The molecule has 2 aromatic rings. The lowest BCUT2D eigenvalue weighted by atomic mass is 9.87. The number of nitrogen functional groups attached to an aromatic ring is 1. The molecule has 3 rings (SSSR count). The molecule has 0 saturated heterocycles. The van der Waals surface area contributed by atoms with Crippen LogP contribution >= 0.6 is 0 Å². The third-order valence-corrected chi connectivity index (χ3v) is 6.03. The molecule has 1 amide bonds. The molecule has 1 atom stereocenters. The highest BCUT2D eigenvalue weighted by Crippen LogP contribution is 2.31. The Morgan fingerprint density at radius 3 is 2.85 bits per heavy atom. The van der Waals surface area contributed by atoms with Crippen LogP contribution in [0, 0.1) is 0 Å². The molecule has 27 heavy (non-hydrogen) atoms. The highest BCUT2D eigenvalue weighted by Gasteiger charge is 2.23. The Hall–Kier alpha value is -2.64. The summed E-state index contributed by atoms with van der Waals surface area (Å²) in [5, 5.41) is 3.02. The summed E-state index contributed by atoms with van der Waals surface area (Å²) in [6, 6.07) is 11.6. The van der Waals surface area contributed by atoms with E-state index < -0.39 is 10.0 Å². The Morgan fingerprint density at radius 2 is 2.07 bits per heavy atom. The largest absolute Gasteiger partial charge is 0.399 e. The number of hydrogen-bond donors (Lipinski definition) is 3. The van der Waals surface area contributed by atoms with Gasteiger partial charge in [-0.3, -0.25) is 4.79 Å². The molecule has 0 aromatic heterocycles.